The van der Waals surface area contributed by atoms with E-state index in [0.717, 1.165) is 11.3 Å². The Morgan fingerprint density at radius 2 is 1.80 bits per heavy atom. The molecule has 0 aliphatic rings. The maximum Gasteiger partial charge on any atom is 0.309 e. The van der Waals surface area contributed by atoms with E-state index in [9.17, 15) is 9.59 Å². The van der Waals surface area contributed by atoms with Crippen LogP contribution in [0.1, 0.15) is 18.5 Å². The van der Waals surface area contributed by atoms with E-state index in [1.165, 1.54) is 7.11 Å². The van der Waals surface area contributed by atoms with Crippen LogP contribution in [0.25, 0.3) is 0 Å². The summed E-state index contributed by atoms with van der Waals surface area (Å²) in [6.45, 7) is 2.48. The third kappa shape index (κ3) is 4.89. The van der Waals surface area contributed by atoms with Gasteiger partial charge in [0.1, 0.15) is 5.75 Å². The van der Waals surface area contributed by atoms with Crippen molar-refractivity contribution >= 4 is 11.8 Å². The van der Waals surface area contributed by atoms with Gasteiger partial charge in [0, 0.05) is 13.7 Å². The average Bonchev–Trinajstić information content (AvgIpc) is 2.47. The van der Waals surface area contributed by atoms with Gasteiger partial charge in [-0.25, -0.2) is 0 Å². The number of amides is 2. The van der Waals surface area contributed by atoms with Crippen molar-refractivity contribution in [2.24, 2.45) is 0 Å². The number of ether oxygens (including phenoxy) is 2. The second kappa shape index (κ2) is 8.16. The van der Waals surface area contributed by atoms with Gasteiger partial charge in [-0.1, -0.05) is 12.1 Å². The molecule has 1 atom stereocenters. The van der Waals surface area contributed by atoms with Crippen molar-refractivity contribution in [3.8, 4) is 5.75 Å². The zero-order valence-electron chi connectivity index (χ0n) is 11.9. The number of hydrogen-bond donors (Lipinski definition) is 2. The van der Waals surface area contributed by atoms with Crippen molar-refractivity contribution in [3.05, 3.63) is 29.8 Å². The van der Waals surface area contributed by atoms with Crippen molar-refractivity contribution < 1.29 is 19.1 Å². The molecule has 1 aromatic rings. The molecule has 0 aliphatic heterocycles. The predicted octanol–water partition coefficient (Wildman–Crippen LogP) is 0.635. The molecule has 1 aromatic carbocycles. The Morgan fingerprint density at radius 1 is 1.15 bits per heavy atom. The van der Waals surface area contributed by atoms with Crippen LogP contribution in [0.15, 0.2) is 24.3 Å². The molecule has 6 nitrogen and oxygen atoms in total. The van der Waals surface area contributed by atoms with E-state index >= 15 is 0 Å². The summed E-state index contributed by atoms with van der Waals surface area (Å²) in [5, 5.41) is 5.09. The maximum atomic E-state index is 11.7. The summed E-state index contributed by atoms with van der Waals surface area (Å²) in [6, 6.07) is 7.02. The number of benzene rings is 1. The normalized spacial score (nSPS) is 11.6. The minimum atomic E-state index is -0.664. The molecule has 0 spiro atoms. The van der Waals surface area contributed by atoms with Crippen molar-refractivity contribution in [3.63, 3.8) is 0 Å². The van der Waals surface area contributed by atoms with Gasteiger partial charge in [-0.3, -0.25) is 9.59 Å². The van der Waals surface area contributed by atoms with E-state index in [1.807, 2.05) is 19.1 Å². The van der Waals surface area contributed by atoms with Gasteiger partial charge in [0.15, 0.2) is 0 Å². The molecule has 110 valence electrons. The van der Waals surface area contributed by atoms with Crippen LogP contribution in [0.3, 0.4) is 0 Å². The summed E-state index contributed by atoms with van der Waals surface area (Å²) in [6.07, 6.45) is 0. The van der Waals surface area contributed by atoms with E-state index in [0.29, 0.717) is 13.2 Å². The Balaban J connectivity index is 2.49. The van der Waals surface area contributed by atoms with E-state index < -0.39 is 11.8 Å². The summed E-state index contributed by atoms with van der Waals surface area (Å²) < 4.78 is 9.85. The lowest BCUT2D eigenvalue weighted by molar-refractivity contribution is -0.139. The highest BCUT2D eigenvalue weighted by atomic mass is 16.5. The van der Waals surface area contributed by atoms with Gasteiger partial charge in [0.2, 0.25) is 0 Å². The number of hydrogen-bond acceptors (Lipinski definition) is 4. The number of methoxy groups -OCH3 is 2. The number of nitrogens with one attached hydrogen (secondary N) is 2. The first-order chi connectivity index (χ1) is 9.58. The Bertz CT molecular complexity index is 445. The Kier molecular flexibility index (Phi) is 6.52. The molecule has 0 aromatic heterocycles. The third-order valence-electron chi connectivity index (χ3n) is 2.76. The average molecular weight is 280 g/mol. The van der Waals surface area contributed by atoms with E-state index in [1.54, 1.807) is 19.2 Å². The lowest BCUT2D eigenvalue weighted by Crippen LogP contribution is -2.41. The summed E-state index contributed by atoms with van der Waals surface area (Å²) in [7, 11) is 3.11. The summed E-state index contributed by atoms with van der Waals surface area (Å²) >= 11 is 0. The molecule has 0 unspecified atom stereocenters. The van der Waals surface area contributed by atoms with Crippen LogP contribution in [-0.4, -0.2) is 39.2 Å². The molecule has 0 fully saturated rings. The summed E-state index contributed by atoms with van der Waals surface area (Å²) in [5.41, 5.74) is 0.892. The quantitative estimate of drug-likeness (QED) is 0.592. The van der Waals surface area contributed by atoms with Crippen molar-refractivity contribution in [2.75, 3.05) is 27.4 Å². The Morgan fingerprint density at radius 3 is 2.35 bits per heavy atom. The van der Waals surface area contributed by atoms with Crippen LogP contribution >= 0.6 is 0 Å². The van der Waals surface area contributed by atoms with E-state index in [-0.39, 0.29) is 6.04 Å². The van der Waals surface area contributed by atoms with Crippen molar-refractivity contribution in [2.45, 2.75) is 13.0 Å². The van der Waals surface area contributed by atoms with Crippen molar-refractivity contribution in [1.82, 2.24) is 10.6 Å². The molecule has 0 saturated heterocycles. The molecule has 0 radical (unpaired) electrons. The molecular weight excluding hydrogens is 260 g/mol. The smallest absolute Gasteiger partial charge is 0.309 e. The molecule has 1 rings (SSSR count). The fourth-order valence-electron chi connectivity index (χ4n) is 1.59. The molecule has 20 heavy (non-hydrogen) atoms. The Hall–Kier alpha value is -2.08. The minimum absolute atomic E-state index is 0.262. The van der Waals surface area contributed by atoms with Gasteiger partial charge in [0.25, 0.3) is 0 Å². The number of rotatable bonds is 6. The molecule has 6 heteroatoms. The third-order valence-corrected chi connectivity index (χ3v) is 2.76. The van der Waals surface area contributed by atoms with Gasteiger partial charge in [0.05, 0.1) is 19.8 Å². The monoisotopic (exact) mass is 280 g/mol. The summed E-state index contributed by atoms with van der Waals surface area (Å²) in [4.78, 5) is 23.1. The largest absolute Gasteiger partial charge is 0.497 e. The van der Waals surface area contributed by atoms with Crippen LogP contribution in [-0.2, 0) is 14.3 Å². The fourth-order valence-corrected chi connectivity index (χ4v) is 1.59. The topological polar surface area (TPSA) is 76.7 Å². The van der Waals surface area contributed by atoms with Crippen LogP contribution < -0.4 is 15.4 Å². The Labute approximate surface area is 118 Å². The SMILES string of the molecule is COCCNC(=O)C(=O)N[C@H](C)c1ccc(OC)cc1. The first kappa shape index (κ1) is 16.0. The standard InChI is InChI=1S/C14H20N2O4/c1-10(11-4-6-12(20-3)7-5-11)16-14(18)13(17)15-8-9-19-2/h4-7,10H,8-9H2,1-3H3,(H,15,17)(H,16,18)/t10-/m1/s1. The van der Waals surface area contributed by atoms with Gasteiger partial charge in [-0.05, 0) is 24.6 Å². The number of carbonyl (C=O) groups excluding carboxylic acids is 2. The lowest BCUT2D eigenvalue weighted by atomic mass is 10.1. The molecule has 2 amide bonds. The van der Waals surface area contributed by atoms with E-state index in [2.05, 4.69) is 10.6 Å². The molecular formula is C14H20N2O4. The van der Waals surface area contributed by atoms with Gasteiger partial charge in [-0.15, -0.1) is 0 Å². The predicted molar refractivity (Wildman–Crippen MR) is 74.4 cm³/mol. The lowest BCUT2D eigenvalue weighted by Gasteiger charge is -2.14. The van der Waals surface area contributed by atoms with E-state index in [4.69, 9.17) is 9.47 Å². The zero-order chi connectivity index (χ0) is 15.0. The first-order valence-electron chi connectivity index (χ1n) is 6.30. The van der Waals surface area contributed by atoms with Crippen LogP contribution in [0.5, 0.6) is 5.75 Å². The molecule has 0 bridgehead atoms. The van der Waals surface area contributed by atoms with Crippen LogP contribution in [0.4, 0.5) is 0 Å². The van der Waals surface area contributed by atoms with Gasteiger partial charge < -0.3 is 20.1 Å². The molecule has 0 aliphatic carbocycles. The zero-order valence-corrected chi connectivity index (χ0v) is 11.9. The van der Waals surface area contributed by atoms with Gasteiger partial charge in [-0.2, -0.15) is 0 Å². The summed E-state index contributed by atoms with van der Waals surface area (Å²) in [5.74, 6) is -0.587. The maximum absolute atomic E-state index is 11.7. The second-order valence-corrected chi connectivity index (χ2v) is 4.22. The van der Waals surface area contributed by atoms with Gasteiger partial charge >= 0.3 is 11.8 Å². The highest BCUT2D eigenvalue weighted by molar-refractivity contribution is 6.35. The highest BCUT2D eigenvalue weighted by Crippen LogP contribution is 2.16. The molecule has 0 saturated carbocycles. The number of carbonyl (C=O) groups is 2. The van der Waals surface area contributed by atoms with Crippen molar-refractivity contribution in [1.29, 1.82) is 0 Å². The molecule has 2 N–H and O–H groups in total. The minimum Gasteiger partial charge on any atom is -0.497 e. The second-order valence-electron chi connectivity index (χ2n) is 4.22. The first-order valence-corrected chi connectivity index (χ1v) is 6.30. The van der Waals surface area contributed by atoms with Crippen LogP contribution in [0, 0.1) is 0 Å². The van der Waals surface area contributed by atoms with Crippen LogP contribution in [0.2, 0.25) is 0 Å². The highest BCUT2D eigenvalue weighted by Gasteiger charge is 2.16. The fraction of sp³-hybridized carbons (Fsp3) is 0.429. The molecule has 0 heterocycles.